The lowest BCUT2D eigenvalue weighted by molar-refractivity contribution is 0.220. The van der Waals surface area contributed by atoms with Gasteiger partial charge in [0.25, 0.3) is 0 Å². The fraction of sp³-hybridized carbons (Fsp3) is 0.200. The SMILES string of the molecule is COc1cccc(C(O)c2ccc(C)cc2)c1. The van der Waals surface area contributed by atoms with Crippen molar-refractivity contribution in [1.29, 1.82) is 0 Å². The first-order valence-electron chi connectivity index (χ1n) is 5.59. The maximum absolute atomic E-state index is 10.2. The lowest BCUT2D eigenvalue weighted by Crippen LogP contribution is -1.99. The minimum atomic E-state index is -0.606. The maximum atomic E-state index is 10.2. The number of ether oxygens (including phenoxy) is 1. The highest BCUT2D eigenvalue weighted by molar-refractivity contribution is 5.35. The number of rotatable bonds is 3. The molecule has 2 rings (SSSR count). The summed E-state index contributed by atoms with van der Waals surface area (Å²) in [7, 11) is 1.62. The molecule has 1 unspecified atom stereocenters. The van der Waals surface area contributed by atoms with E-state index in [2.05, 4.69) is 0 Å². The van der Waals surface area contributed by atoms with E-state index in [9.17, 15) is 5.11 Å². The standard InChI is InChI=1S/C15H16O2/c1-11-6-8-12(9-7-11)15(16)13-4-3-5-14(10-13)17-2/h3-10,15-16H,1-2H3. The van der Waals surface area contributed by atoms with Gasteiger partial charge in [0.05, 0.1) is 7.11 Å². The van der Waals surface area contributed by atoms with Crippen molar-refractivity contribution < 1.29 is 9.84 Å². The number of benzene rings is 2. The molecule has 0 spiro atoms. The van der Waals surface area contributed by atoms with Crippen LogP contribution in [0.3, 0.4) is 0 Å². The van der Waals surface area contributed by atoms with Gasteiger partial charge < -0.3 is 9.84 Å². The largest absolute Gasteiger partial charge is 0.497 e. The Morgan fingerprint density at radius 2 is 1.71 bits per heavy atom. The second kappa shape index (κ2) is 5.02. The minimum absolute atomic E-state index is 0.606. The van der Waals surface area contributed by atoms with E-state index in [-0.39, 0.29) is 0 Å². The van der Waals surface area contributed by atoms with Gasteiger partial charge in [-0.1, -0.05) is 42.0 Å². The van der Waals surface area contributed by atoms with E-state index in [0.29, 0.717) is 0 Å². The molecule has 0 saturated carbocycles. The lowest BCUT2D eigenvalue weighted by Gasteiger charge is -2.12. The van der Waals surface area contributed by atoms with Crippen LogP contribution < -0.4 is 4.74 Å². The molecule has 0 bridgehead atoms. The first-order chi connectivity index (χ1) is 8.20. The molecule has 1 N–H and O–H groups in total. The molecule has 0 amide bonds. The van der Waals surface area contributed by atoms with Crippen LogP contribution in [0, 0.1) is 6.92 Å². The summed E-state index contributed by atoms with van der Waals surface area (Å²) in [6, 6.07) is 15.4. The van der Waals surface area contributed by atoms with Gasteiger partial charge in [0.15, 0.2) is 0 Å². The summed E-state index contributed by atoms with van der Waals surface area (Å²) < 4.78 is 5.15. The number of aliphatic hydroxyl groups excluding tert-OH is 1. The molecule has 0 aliphatic carbocycles. The molecule has 2 nitrogen and oxygen atoms in total. The zero-order valence-electron chi connectivity index (χ0n) is 10.1. The second-order valence-corrected chi connectivity index (χ2v) is 4.09. The Hall–Kier alpha value is -1.80. The molecule has 17 heavy (non-hydrogen) atoms. The summed E-state index contributed by atoms with van der Waals surface area (Å²) in [6.45, 7) is 2.03. The highest BCUT2D eigenvalue weighted by Crippen LogP contribution is 2.25. The van der Waals surface area contributed by atoms with Crippen molar-refractivity contribution in [3.05, 3.63) is 65.2 Å². The molecule has 0 fully saturated rings. The average Bonchev–Trinajstić information content (AvgIpc) is 2.39. The van der Waals surface area contributed by atoms with Gasteiger partial charge in [-0.15, -0.1) is 0 Å². The topological polar surface area (TPSA) is 29.5 Å². The van der Waals surface area contributed by atoms with Crippen LogP contribution in [0.5, 0.6) is 5.75 Å². The van der Waals surface area contributed by atoms with E-state index in [1.807, 2.05) is 55.5 Å². The highest BCUT2D eigenvalue weighted by Gasteiger charge is 2.10. The van der Waals surface area contributed by atoms with Crippen LogP contribution in [0.2, 0.25) is 0 Å². The molecule has 0 aliphatic rings. The Morgan fingerprint density at radius 3 is 2.35 bits per heavy atom. The van der Waals surface area contributed by atoms with Crippen molar-refractivity contribution in [3.63, 3.8) is 0 Å². The van der Waals surface area contributed by atoms with Crippen LogP contribution in [0.4, 0.5) is 0 Å². The summed E-state index contributed by atoms with van der Waals surface area (Å²) in [4.78, 5) is 0. The van der Waals surface area contributed by atoms with Crippen molar-refractivity contribution in [1.82, 2.24) is 0 Å². The van der Waals surface area contributed by atoms with Crippen molar-refractivity contribution >= 4 is 0 Å². The molecule has 0 aliphatic heterocycles. The maximum Gasteiger partial charge on any atom is 0.119 e. The van der Waals surface area contributed by atoms with Gasteiger partial charge in [-0.3, -0.25) is 0 Å². The smallest absolute Gasteiger partial charge is 0.119 e. The van der Waals surface area contributed by atoms with Crippen molar-refractivity contribution in [2.24, 2.45) is 0 Å². The number of hydrogen-bond donors (Lipinski definition) is 1. The lowest BCUT2D eigenvalue weighted by atomic mass is 10.0. The van der Waals surface area contributed by atoms with Crippen LogP contribution in [0.1, 0.15) is 22.8 Å². The third-order valence-electron chi connectivity index (χ3n) is 2.80. The van der Waals surface area contributed by atoms with Crippen molar-refractivity contribution in [2.75, 3.05) is 7.11 Å². The Labute approximate surface area is 101 Å². The van der Waals surface area contributed by atoms with Crippen molar-refractivity contribution in [3.8, 4) is 5.75 Å². The van der Waals surface area contributed by atoms with Crippen molar-refractivity contribution in [2.45, 2.75) is 13.0 Å². The second-order valence-electron chi connectivity index (χ2n) is 4.09. The molecular weight excluding hydrogens is 212 g/mol. The van der Waals surface area contributed by atoms with Gasteiger partial charge in [-0.25, -0.2) is 0 Å². The zero-order chi connectivity index (χ0) is 12.3. The first kappa shape index (κ1) is 11.7. The normalized spacial score (nSPS) is 12.2. The van der Waals surface area contributed by atoms with E-state index >= 15 is 0 Å². The van der Waals surface area contributed by atoms with E-state index in [0.717, 1.165) is 16.9 Å². The molecule has 2 heteroatoms. The average molecular weight is 228 g/mol. The van der Waals surface area contributed by atoms with E-state index in [1.54, 1.807) is 7.11 Å². The number of methoxy groups -OCH3 is 1. The fourth-order valence-electron chi connectivity index (χ4n) is 1.75. The van der Waals surface area contributed by atoms with Gasteiger partial charge in [0.1, 0.15) is 11.9 Å². The van der Waals surface area contributed by atoms with E-state index in [4.69, 9.17) is 4.74 Å². The Kier molecular flexibility index (Phi) is 3.45. The summed E-state index contributed by atoms with van der Waals surface area (Å²) in [5.74, 6) is 0.758. The molecule has 1 atom stereocenters. The Bertz CT molecular complexity index is 489. The molecule has 88 valence electrons. The Balaban J connectivity index is 2.29. The molecule has 0 saturated heterocycles. The van der Waals surface area contributed by atoms with Crippen LogP contribution in [0.25, 0.3) is 0 Å². The van der Waals surface area contributed by atoms with Gasteiger partial charge in [-0.05, 0) is 30.2 Å². The molecular formula is C15H16O2. The van der Waals surface area contributed by atoms with Gasteiger partial charge in [-0.2, -0.15) is 0 Å². The Morgan fingerprint density at radius 1 is 1.00 bits per heavy atom. The molecule has 0 radical (unpaired) electrons. The monoisotopic (exact) mass is 228 g/mol. The number of hydrogen-bond acceptors (Lipinski definition) is 2. The third kappa shape index (κ3) is 2.66. The van der Waals surface area contributed by atoms with Crippen LogP contribution in [-0.4, -0.2) is 12.2 Å². The van der Waals surface area contributed by atoms with Crippen LogP contribution in [-0.2, 0) is 0 Å². The molecule has 2 aromatic carbocycles. The minimum Gasteiger partial charge on any atom is -0.497 e. The summed E-state index contributed by atoms with van der Waals surface area (Å²) in [5.41, 5.74) is 2.92. The third-order valence-corrected chi connectivity index (χ3v) is 2.80. The quantitative estimate of drug-likeness (QED) is 0.874. The predicted octanol–water partition coefficient (Wildman–Crippen LogP) is 3.09. The van der Waals surface area contributed by atoms with Gasteiger partial charge >= 0.3 is 0 Å². The molecule has 0 heterocycles. The summed E-state index contributed by atoms with van der Waals surface area (Å²) >= 11 is 0. The predicted molar refractivity (Wildman–Crippen MR) is 68.2 cm³/mol. The first-order valence-corrected chi connectivity index (χ1v) is 5.59. The van der Waals surface area contributed by atoms with Gasteiger partial charge in [0, 0.05) is 0 Å². The molecule has 0 aromatic heterocycles. The molecule has 2 aromatic rings. The fourth-order valence-corrected chi connectivity index (χ4v) is 1.75. The van der Waals surface area contributed by atoms with Gasteiger partial charge in [0.2, 0.25) is 0 Å². The van der Waals surface area contributed by atoms with Crippen LogP contribution in [0.15, 0.2) is 48.5 Å². The summed E-state index contributed by atoms with van der Waals surface area (Å²) in [6.07, 6.45) is -0.606. The zero-order valence-corrected chi connectivity index (χ0v) is 10.1. The summed E-state index contributed by atoms with van der Waals surface area (Å²) in [5, 5.41) is 10.2. The number of aryl methyl sites for hydroxylation is 1. The van der Waals surface area contributed by atoms with Crippen LogP contribution >= 0.6 is 0 Å². The highest BCUT2D eigenvalue weighted by atomic mass is 16.5. The number of aliphatic hydroxyl groups is 1. The van der Waals surface area contributed by atoms with E-state index in [1.165, 1.54) is 5.56 Å². The van der Waals surface area contributed by atoms with E-state index < -0.39 is 6.10 Å².